The highest BCUT2D eigenvalue weighted by Crippen LogP contribution is 2.32. The number of thioether (sulfide) groups is 1. The standard InChI is InChI=1S/C18H18FNOS/c1-13-10-15-4-2-3-5-17(15)20(13)18(21)12-22-11-14-6-8-16(19)9-7-14/h2-9,13H,10-12H2,1H3/t13-/m1/s1. The van der Waals surface area contributed by atoms with E-state index in [1.54, 1.807) is 23.9 Å². The third-order valence-corrected chi connectivity index (χ3v) is 4.87. The van der Waals surface area contributed by atoms with Crippen molar-refractivity contribution in [1.82, 2.24) is 0 Å². The van der Waals surface area contributed by atoms with E-state index >= 15 is 0 Å². The van der Waals surface area contributed by atoms with E-state index in [4.69, 9.17) is 0 Å². The second-order valence-corrected chi connectivity index (χ2v) is 6.55. The lowest BCUT2D eigenvalue weighted by Gasteiger charge is -2.22. The third-order valence-electron chi connectivity index (χ3n) is 3.88. The van der Waals surface area contributed by atoms with Crippen LogP contribution < -0.4 is 4.90 Å². The highest BCUT2D eigenvalue weighted by molar-refractivity contribution is 7.99. The Morgan fingerprint density at radius 2 is 1.95 bits per heavy atom. The molecule has 114 valence electrons. The maximum atomic E-state index is 12.9. The lowest BCUT2D eigenvalue weighted by Crippen LogP contribution is -2.37. The number of benzene rings is 2. The van der Waals surface area contributed by atoms with Crippen LogP contribution >= 0.6 is 11.8 Å². The summed E-state index contributed by atoms with van der Waals surface area (Å²) in [6, 6.07) is 14.8. The minimum atomic E-state index is -0.229. The fourth-order valence-electron chi connectivity index (χ4n) is 2.85. The fourth-order valence-corrected chi connectivity index (χ4v) is 3.70. The molecule has 0 aromatic heterocycles. The molecule has 0 bridgehead atoms. The van der Waals surface area contributed by atoms with E-state index in [-0.39, 0.29) is 17.8 Å². The van der Waals surface area contributed by atoms with Crippen LogP contribution in [0, 0.1) is 5.82 Å². The highest BCUT2D eigenvalue weighted by atomic mass is 32.2. The molecule has 2 aromatic rings. The molecule has 0 aliphatic carbocycles. The molecule has 4 heteroatoms. The Morgan fingerprint density at radius 1 is 1.23 bits per heavy atom. The van der Waals surface area contributed by atoms with Gasteiger partial charge in [-0.25, -0.2) is 4.39 Å². The van der Waals surface area contributed by atoms with Gasteiger partial charge in [0, 0.05) is 17.5 Å². The molecule has 3 rings (SSSR count). The van der Waals surface area contributed by atoms with Crippen molar-refractivity contribution < 1.29 is 9.18 Å². The lowest BCUT2D eigenvalue weighted by molar-refractivity contribution is -0.116. The smallest absolute Gasteiger partial charge is 0.237 e. The predicted octanol–water partition coefficient (Wildman–Crippen LogP) is 4.04. The molecule has 0 spiro atoms. The molecule has 1 atom stereocenters. The second-order valence-electron chi connectivity index (χ2n) is 5.56. The summed E-state index contributed by atoms with van der Waals surface area (Å²) >= 11 is 1.57. The number of para-hydroxylation sites is 1. The second kappa shape index (κ2) is 6.53. The average Bonchev–Trinajstić information content (AvgIpc) is 2.85. The molecule has 22 heavy (non-hydrogen) atoms. The van der Waals surface area contributed by atoms with Crippen molar-refractivity contribution in [3.63, 3.8) is 0 Å². The molecule has 0 saturated carbocycles. The SMILES string of the molecule is C[C@@H]1Cc2ccccc2N1C(=O)CSCc1ccc(F)cc1. The number of amides is 1. The number of nitrogens with zero attached hydrogens (tertiary/aromatic N) is 1. The van der Waals surface area contributed by atoms with Gasteiger partial charge in [0.25, 0.3) is 0 Å². The van der Waals surface area contributed by atoms with Gasteiger partial charge >= 0.3 is 0 Å². The van der Waals surface area contributed by atoms with Crippen molar-refractivity contribution in [3.8, 4) is 0 Å². The number of anilines is 1. The minimum Gasteiger partial charge on any atom is -0.308 e. The van der Waals surface area contributed by atoms with Crippen molar-refractivity contribution in [1.29, 1.82) is 0 Å². The number of carbonyl (C=O) groups excluding carboxylic acids is 1. The predicted molar refractivity (Wildman–Crippen MR) is 89.7 cm³/mol. The van der Waals surface area contributed by atoms with Gasteiger partial charge in [-0.1, -0.05) is 30.3 Å². The Labute approximate surface area is 134 Å². The van der Waals surface area contributed by atoms with Gasteiger partial charge in [-0.15, -0.1) is 11.8 Å². The molecule has 0 radical (unpaired) electrons. The van der Waals surface area contributed by atoms with Gasteiger partial charge in [0.05, 0.1) is 5.75 Å². The topological polar surface area (TPSA) is 20.3 Å². The highest BCUT2D eigenvalue weighted by Gasteiger charge is 2.29. The molecule has 1 aliphatic rings. The van der Waals surface area contributed by atoms with Crippen LogP contribution in [0.1, 0.15) is 18.1 Å². The molecular weight excluding hydrogens is 297 g/mol. The van der Waals surface area contributed by atoms with Gasteiger partial charge in [-0.2, -0.15) is 0 Å². The normalized spacial score (nSPS) is 16.6. The van der Waals surface area contributed by atoms with Gasteiger partial charge < -0.3 is 4.90 Å². The molecule has 0 N–H and O–H groups in total. The van der Waals surface area contributed by atoms with Gasteiger partial charge in [-0.05, 0) is 42.7 Å². The molecule has 2 aromatic carbocycles. The number of fused-ring (bicyclic) bond motifs is 1. The Kier molecular flexibility index (Phi) is 4.48. The molecule has 1 heterocycles. The Hall–Kier alpha value is -1.81. The van der Waals surface area contributed by atoms with Crippen LogP contribution in [0.15, 0.2) is 48.5 Å². The van der Waals surface area contributed by atoms with Crippen molar-refractivity contribution >= 4 is 23.4 Å². The van der Waals surface area contributed by atoms with Crippen LogP contribution in [0.3, 0.4) is 0 Å². The molecule has 0 saturated heterocycles. The number of halogens is 1. The monoisotopic (exact) mass is 315 g/mol. The zero-order valence-corrected chi connectivity index (χ0v) is 13.3. The Bertz CT molecular complexity index is 671. The first-order chi connectivity index (χ1) is 10.6. The van der Waals surface area contributed by atoms with Crippen molar-refractivity contribution in [2.24, 2.45) is 0 Å². The first-order valence-corrected chi connectivity index (χ1v) is 8.53. The van der Waals surface area contributed by atoms with Gasteiger partial charge in [-0.3, -0.25) is 4.79 Å². The third kappa shape index (κ3) is 3.17. The molecule has 0 fully saturated rings. The quantitative estimate of drug-likeness (QED) is 0.849. The van der Waals surface area contributed by atoms with Gasteiger partial charge in [0.1, 0.15) is 5.82 Å². The van der Waals surface area contributed by atoms with E-state index in [1.165, 1.54) is 17.7 Å². The fraction of sp³-hybridized carbons (Fsp3) is 0.278. The van der Waals surface area contributed by atoms with Gasteiger partial charge in [0.15, 0.2) is 0 Å². The molecule has 2 nitrogen and oxygen atoms in total. The molecular formula is C18H18FNOS. The minimum absolute atomic E-state index is 0.143. The van der Waals surface area contributed by atoms with Gasteiger partial charge in [0.2, 0.25) is 5.91 Å². The van der Waals surface area contributed by atoms with Crippen molar-refractivity contribution in [2.75, 3.05) is 10.7 Å². The number of hydrogen-bond donors (Lipinski definition) is 0. The summed E-state index contributed by atoms with van der Waals surface area (Å²) in [5, 5.41) is 0. The van der Waals surface area contributed by atoms with Crippen LogP contribution in [0.2, 0.25) is 0 Å². The first kappa shape index (κ1) is 15.1. The van der Waals surface area contributed by atoms with Crippen LogP contribution in [0.25, 0.3) is 0 Å². The maximum absolute atomic E-state index is 12.9. The summed E-state index contributed by atoms with van der Waals surface area (Å²) in [5.74, 6) is 1.07. The lowest BCUT2D eigenvalue weighted by atomic mass is 10.1. The summed E-state index contributed by atoms with van der Waals surface area (Å²) in [6.07, 6.45) is 0.921. The van der Waals surface area contributed by atoms with E-state index in [1.807, 2.05) is 23.1 Å². The number of carbonyl (C=O) groups is 1. The molecule has 0 unspecified atom stereocenters. The Morgan fingerprint density at radius 3 is 2.73 bits per heavy atom. The van der Waals surface area contributed by atoms with Crippen LogP contribution in [-0.4, -0.2) is 17.7 Å². The van der Waals surface area contributed by atoms with Crippen molar-refractivity contribution in [3.05, 3.63) is 65.5 Å². The summed E-state index contributed by atoms with van der Waals surface area (Å²) in [5.41, 5.74) is 3.32. The van der Waals surface area contributed by atoms with E-state index < -0.39 is 0 Å². The summed E-state index contributed by atoms with van der Waals surface area (Å²) in [4.78, 5) is 14.4. The first-order valence-electron chi connectivity index (χ1n) is 7.37. The van der Waals surface area contributed by atoms with E-state index in [0.717, 1.165) is 23.4 Å². The largest absolute Gasteiger partial charge is 0.308 e. The number of hydrogen-bond acceptors (Lipinski definition) is 2. The van der Waals surface area contributed by atoms with Crippen LogP contribution in [-0.2, 0) is 17.0 Å². The molecule has 1 aliphatic heterocycles. The summed E-state index contributed by atoms with van der Waals surface area (Å²) in [6.45, 7) is 2.09. The zero-order chi connectivity index (χ0) is 15.5. The summed E-state index contributed by atoms with van der Waals surface area (Å²) < 4.78 is 12.9. The van der Waals surface area contributed by atoms with E-state index in [2.05, 4.69) is 13.0 Å². The number of rotatable bonds is 4. The molecule has 1 amide bonds. The van der Waals surface area contributed by atoms with Crippen LogP contribution in [0.5, 0.6) is 0 Å². The zero-order valence-electron chi connectivity index (χ0n) is 12.5. The maximum Gasteiger partial charge on any atom is 0.237 e. The van der Waals surface area contributed by atoms with Crippen molar-refractivity contribution in [2.45, 2.75) is 25.1 Å². The van der Waals surface area contributed by atoms with Crippen LogP contribution in [0.4, 0.5) is 10.1 Å². The van der Waals surface area contributed by atoms with E-state index in [9.17, 15) is 9.18 Å². The Balaban J connectivity index is 1.59. The van der Waals surface area contributed by atoms with E-state index in [0.29, 0.717) is 5.75 Å². The summed E-state index contributed by atoms with van der Waals surface area (Å²) in [7, 11) is 0. The average molecular weight is 315 g/mol.